The van der Waals surface area contributed by atoms with E-state index in [-0.39, 0.29) is 15.6 Å². The van der Waals surface area contributed by atoms with Crippen molar-refractivity contribution in [3.05, 3.63) is 69.0 Å². The smallest absolute Gasteiger partial charge is 0.320 e. The number of hydrogen-bond donors (Lipinski definition) is 1. The molecule has 0 aliphatic heterocycles. The van der Waals surface area contributed by atoms with Gasteiger partial charge in [0.1, 0.15) is 5.82 Å². The molecule has 0 spiro atoms. The molecule has 0 heterocycles. The van der Waals surface area contributed by atoms with Gasteiger partial charge in [0.25, 0.3) is 0 Å². The molecule has 2 rings (SSSR count). The van der Waals surface area contributed by atoms with Crippen LogP contribution >= 0.6 is 23.2 Å². The van der Waals surface area contributed by atoms with E-state index in [2.05, 4.69) is 0 Å². The molecule has 2 aromatic carbocycles. The third-order valence-electron chi connectivity index (χ3n) is 2.96. The van der Waals surface area contributed by atoms with E-state index in [1.807, 2.05) is 0 Å². The molecule has 0 bridgehead atoms. The number of alkyl halides is 3. The second kappa shape index (κ2) is 5.83. The van der Waals surface area contributed by atoms with Gasteiger partial charge in [0.15, 0.2) is 0 Å². The molecule has 1 atom stereocenters. The van der Waals surface area contributed by atoms with Gasteiger partial charge in [-0.25, -0.2) is 4.39 Å². The van der Waals surface area contributed by atoms with Crippen LogP contribution in [0.4, 0.5) is 17.6 Å². The minimum Gasteiger partial charge on any atom is -0.320 e. The van der Waals surface area contributed by atoms with Gasteiger partial charge in [-0.15, -0.1) is 0 Å². The highest BCUT2D eigenvalue weighted by molar-refractivity contribution is 6.42. The average molecular weight is 338 g/mol. The lowest BCUT2D eigenvalue weighted by atomic mass is 9.97. The fourth-order valence-electron chi connectivity index (χ4n) is 1.84. The average Bonchev–Trinajstić information content (AvgIpc) is 2.40. The van der Waals surface area contributed by atoms with Crippen LogP contribution in [0, 0.1) is 5.82 Å². The molecule has 21 heavy (non-hydrogen) atoms. The SMILES string of the molecule is NC(c1ccc(Cl)c(Cl)c1)c1cc(C(F)(F)F)ccc1F. The lowest BCUT2D eigenvalue weighted by Crippen LogP contribution is -2.15. The highest BCUT2D eigenvalue weighted by Crippen LogP contribution is 2.34. The first-order chi connectivity index (χ1) is 9.70. The third-order valence-corrected chi connectivity index (χ3v) is 3.70. The fourth-order valence-corrected chi connectivity index (χ4v) is 2.15. The summed E-state index contributed by atoms with van der Waals surface area (Å²) in [7, 11) is 0. The molecule has 2 N–H and O–H groups in total. The van der Waals surface area contributed by atoms with Crippen LogP contribution in [-0.4, -0.2) is 0 Å². The van der Waals surface area contributed by atoms with Gasteiger partial charge in [-0.2, -0.15) is 13.2 Å². The van der Waals surface area contributed by atoms with E-state index in [0.717, 1.165) is 6.07 Å². The molecular weight excluding hydrogens is 329 g/mol. The molecule has 2 aromatic rings. The molecule has 0 aliphatic carbocycles. The normalized spacial score (nSPS) is 13.3. The molecule has 112 valence electrons. The highest BCUT2D eigenvalue weighted by Gasteiger charge is 2.31. The van der Waals surface area contributed by atoms with Crippen molar-refractivity contribution in [1.29, 1.82) is 0 Å². The Morgan fingerprint density at radius 1 is 0.952 bits per heavy atom. The summed E-state index contributed by atoms with van der Waals surface area (Å²) in [5, 5.41) is 0.467. The maximum Gasteiger partial charge on any atom is 0.416 e. The molecule has 7 heteroatoms. The molecule has 0 amide bonds. The largest absolute Gasteiger partial charge is 0.416 e. The maximum absolute atomic E-state index is 13.8. The van der Waals surface area contributed by atoms with Crippen LogP contribution < -0.4 is 5.73 Å². The van der Waals surface area contributed by atoms with E-state index in [9.17, 15) is 17.6 Å². The van der Waals surface area contributed by atoms with Gasteiger partial charge < -0.3 is 5.73 Å². The predicted molar refractivity (Wildman–Crippen MR) is 73.9 cm³/mol. The number of rotatable bonds is 2. The predicted octanol–water partition coefficient (Wildman–Crippen LogP) is 5.20. The van der Waals surface area contributed by atoms with E-state index >= 15 is 0 Å². The Hall–Kier alpha value is -1.30. The van der Waals surface area contributed by atoms with Crippen molar-refractivity contribution < 1.29 is 17.6 Å². The Kier molecular flexibility index (Phi) is 4.46. The van der Waals surface area contributed by atoms with E-state index in [4.69, 9.17) is 28.9 Å². The summed E-state index contributed by atoms with van der Waals surface area (Å²) in [6, 6.07) is 5.36. The Balaban J connectivity index is 2.47. The first kappa shape index (κ1) is 16.1. The van der Waals surface area contributed by atoms with Crippen LogP contribution in [0.5, 0.6) is 0 Å². The summed E-state index contributed by atoms with van der Waals surface area (Å²) in [4.78, 5) is 0. The topological polar surface area (TPSA) is 26.0 Å². The van der Waals surface area contributed by atoms with Gasteiger partial charge >= 0.3 is 6.18 Å². The van der Waals surface area contributed by atoms with E-state index in [1.54, 1.807) is 0 Å². The van der Waals surface area contributed by atoms with E-state index in [0.29, 0.717) is 17.7 Å². The molecular formula is C14H9Cl2F4N. The minimum atomic E-state index is -4.57. The van der Waals surface area contributed by atoms with E-state index in [1.165, 1.54) is 18.2 Å². The van der Waals surface area contributed by atoms with Gasteiger partial charge in [0, 0.05) is 5.56 Å². The first-order valence-electron chi connectivity index (χ1n) is 5.77. The zero-order valence-corrected chi connectivity index (χ0v) is 11.9. The lowest BCUT2D eigenvalue weighted by molar-refractivity contribution is -0.137. The van der Waals surface area contributed by atoms with Crippen LogP contribution in [-0.2, 0) is 6.18 Å². The molecule has 1 unspecified atom stereocenters. The number of nitrogens with two attached hydrogens (primary N) is 1. The number of hydrogen-bond acceptors (Lipinski definition) is 1. The summed E-state index contributed by atoms with van der Waals surface area (Å²) < 4.78 is 51.8. The molecule has 0 aliphatic rings. The standard InChI is InChI=1S/C14H9Cl2F4N/c15-10-3-1-7(5-11(10)16)13(21)9-6-8(14(18,19)20)2-4-12(9)17/h1-6,13H,21H2. The quantitative estimate of drug-likeness (QED) is 0.749. The minimum absolute atomic E-state index is 0.192. The molecule has 0 saturated heterocycles. The molecule has 0 aromatic heterocycles. The molecule has 0 radical (unpaired) electrons. The summed E-state index contributed by atoms with van der Waals surface area (Å²) in [5.74, 6) is -0.818. The Labute approximate surface area is 128 Å². The summed E-state index contributed by atoms with van der Waals surface area (Å²) >= 11 is 11.6. The van der Waals surface area contributed by atoms with Crippen LogP contribution in [0.1, 0.15) is 22.7 Å². The van der Waals surface area contributed by atoms with Crippen molar-refractivity contribution >= 4 is 23.2 Å². The number of halogens is 6. The van der Waals surface area contributed by atoms with Crippen molar-refractivity contribution in [2.24, 2.45) is 5.73 Å². The Bertz CT molecular complexity index is 671. The van der Waals surface area contributed by atoms with E-state index < -0.39 is 23.6 Å². The summed E-state index contributed by atoms with van der Waals surface area (Å²) in [5.41, 5.74) is 4.98. The summed E-state index contributed by atoms with van der Waals surface area (Å²) in [6.07, 6.45) is -4.57. The Morgan fingerprint density at radius 3 is 2.19 bits per heavy atom. The molecule has 1 nitrogen and oxygen atoms in total. The van der Waals surface area contributed by atoms with Crippen LogP contribution in [0.3, 0.4) is 0 Å². The third kappa shape index (κ3) is 3.48. The van der Waals surface area contributed by atoms with Crippen molar-refractivity contribution in [3.63, 3.8) is 0 Å². The first-order valence-corrected chi connectivity index (χ1v) is 6.53. The van der Waals surface area contributed by atoms with Gasteiger partial charge in [-0.3, -0.25) is 0 Å². The Morgan fingerprint density at radius 2 is 1.62 bits per heavy atom. The second-order valence-corrected chi connectivity index (χ2v) is 5.20. The molecule has 0 saturated carbocycles. The summed E-state index contributed by atoms with van der Waals surface area (Å²) in [6.45, 7) is 0. The second-order valence-electron chi connectivity index (χ2n) is 4.39. The highest BCUT2D eigenvalue weighted by atomic mass is 35.5. The van der Waals surface area contributed by atoms with Crippen molar-refractivity contribution in [3.8, 4) is 0 Å². The van der Waals surface area contributed by atoms with Crippen LogP contribution in [0.25, 0.3) is 0 Å². The van der Waals surface area contributed by atoms with Crippen LogP contribution in [0.15, 0.2) is 36.4 Å². The van der Waals surface area contributed by atoms with Gasteiger partial charge in [-0.05, 0) is 35.9 Å². The van der Waals surface area contributed by atoms with Gasteiger partial charge in [-0.1, -0.05) is 29.3 Å². The zero-order chi connectivity index (χ0) is 15.8. The lowest BCUT2D eigenvalue weighted by Gasteiger charge is -2.16. The number of benzene rings is 2. The van der Waals surface area contributed by atoms with Gasteiger partial charge in [0.2, 0.25) is 0 Å². The zero-order valence-electron chi connectivity index (χ0n) is 10.4. The van der Waals surface area contributed by atoms with Crippen molar-refractivity contribution in [2.75, 3.05) is 0 Å². The van der Waals surface area contributed by atoms with Crippen molar-refractivity contribution in [2.45, 2.75) is 12.2 Å². The fraction of sp³-hybridized carbons (Fsp3) is 0.143. The van der Waals surface area contributed by atoms with Crippen molar-refractivity contribution in [1.82, 2.24) is 0 Å². The molecule has 0 fully saturated rings. The van der Waals surface area contributed by atoms with Crippen LogP contribution in [0.2, 0.25) is 10.0 Å². The maximum atomic E-state index is 13.8. The monoisotopic (exact) mass is 337 g/mol. The van der Waals surface area contributed by atoms with Gasteiger partial charge in [0.05, 0.1) is 21.7 Å².